The lowest BCUT2D eigenvalue weighted by atomic mass is 9.74. The number of nitrogens with one attached hydrogen (secondary N) is 1. The first-order chi connectivity index (χ1) is 13.7. The van der Waals surface area contributed by atoms with E-state index in [1.165, 1.54) is 5.56 Å². The van der Waals surface area contributed by atoms with Crippen LogP contribution in [0.2, 0.25) is 0 Å². The molecule has 2 atom stereocenters. The second-order valence-electron chi connectivity index (χ2n) is 9.08. The number of hydrogen-bond acceptors (Lipinski definition) is 4. The molecule has 1 saturated heterocycles. The van der Waals surface area contributed by atoms with Gasteiger partial charge in [0.15, 0.2) is 0 Å². The van der Waals surface area contributed by atoms with Gasteiger partial charge in [-0.05, 0) is 75.6 Å². The number of ether oxygens (including phenoxy) is 2. The Morgan fingerprint density at radius 3 is 2.34 bits per heavy atom. The van der Waals surface area contributed by atoms with E-state index < -0.39 is 17.6 Å². The van der Waals surface area contributed by atoms with Crippen LogP contribution in [0.25, 0.3) is 0 Å². The minimum absolute atomic E-state index is 0.0345. The summed E-state index contributed by atoms with van der Waals surface area (Å²) in [5, 5.41) is 3.26. The normalized spacial score (nSPS) is 29.3. The molecule has 160 valence electrons. The molecule has 5 heteroatoms. The predicted molar refractivity (Wildman–Crippen MR) is 113 cm³/mol. The zero-order chi connectivity index (χ0) is 21.3. The molecule has 2 aliphatic rings. The zero-order valence-electron chi connectivity index (χ0n) is 18.6. The van der Waals surface area contributed by atoms with E-state index in [4.69, 9.17) is 9.47 Å². The molecule has 1 saturated carbocycles. The molecule has 29 heavy (non-hydrogen) atoms. The largest absolute Gasteiger partial charge is 0.458 e. The molecule has 0 aromatic heterocycles. The lowest BCUT2D eigenvalue weighted by Crippen LogP contribution is -2.53. The van der Waals surface area contributed by atoms with E-state index in [0.29, 0.717) is 6.61 Å². The highest BCUT2D eigenvalue weighted by molar-refractivity contribution is 5.89. The van der Waals surface area contributed by atoms with E-state index in [1.54, 1.807) is 0 Å². The van der Waals surface area contributed by atoms with Gasteiger partial charge in [-0.3, -0.25) is 9.59 Å². The van der Waals surface area contributed by atoms with Gasteiger partial charge < -0.3 is 14.8 Å². The van der Waals surface area contributed by atoms with Crippen molar-refractivity contribution in [1.29, 1.82) is 0 Å². The lowest BCUT2D eigenvalue weighted by Gasteiger charge is -2.41. The third-order valence-electron chi connectivity index (χ3n) is 6.66. The van der Waals surface area contributed by atoms with Crippen LogP contribution < -0.4 is 5.32 Å². The molecule has 0 bridgehead atoms. The Labute approximate surface area is 174 Å². The number of benzene rings is 1. The van der Waals surface area contributed by atoms with Crippen LogP contribution in [0.4, 0.5) is 0 Å². The maximum absolute atomic E-state index is 13.2. The summed E-state index contributed by atoms with van der Waals surface area (Å²) < 4.78 is 11.9. The van der Waals surface area contributed by atoms with E-state index in [2.05, 4.69) is 31.3 Å². The Balaban J connectivity index is 1.98. The van der Waals surface area contributed by atoms with Crippen LogP contribution in [0.1, 0.15) is 74.6 Å². The Kier molecular flexibility index (Phi) is 6.37. The topological polar surface area (TPSA) is 64.6 Å². The summed E-state index contributed by atoms with van der Waals surface area (Å²) in [7, 11) is 0. The van der Waals surface area contributed by atoms with E-state index in [9.17, 15) is 9.59 Å². The summed E-state index contributed by atoms with van der Waals surface area (Å²) in [6.45, 7) is 12.5. The average molecular weight is 402 g/mol. The first-order valence-corrected chi connectivity index (χ1v) is 10.9. The van der Waals surface area contributed by atoms with E-state index >= 15 is 0 Å². The summed E-state index contributed by atoms with van der Waals surface area (Å²) in [4.78, 5) is 25.8. The van der Waals surface area contributed by atoms with E-state index in [-0.39, 0.29) is 23.9 Å². The van der Waals surface area contributed by atoms with Gasteiger partial charge >= 0.3 is 5.97 Å². The smallest absolute Gasteiger partial charge is 0.308 e. The summed E-state index contributed by atoms with van der Waals surface area (Å²) in [6.07, 6.45) is 2.98. The van der Waals surface area contributed by atoms with Crippen LogP contribution in [-0.4, -0.2) is 36.2 Å². The lowest BCUT2D eigenvalue weighted by molar-refractivity contribution is -0.158. The number of hydrogen-bond donors (Lipinski definition) is 1. The standard InChI is InChI=1S/C24H35NO4/c1-7-28-18-8-10-24(11-9-18)21(29-23(27)14(2)3)20(22(26)25-24)19-13-16(5)15(4)12-17(19)6/h12-14,18,20-21H,7-11H2,1-6H3,(H,25,26). The summed E-state index contributed by atoms with van der Waals surface area (Å²) in [6, 6.07) is 4.21. The van der Waals surface area contributed by atoms with Crippen LogP contribution in [0.15, 0.2) is 12.1 Å². The highest BCUT2D eigenvalue weighted by Gasteiger charge is 2.57. The van der Waals surface area contributed by atoms with Crippen LogP contribution in [-0.2, 0) is 19.1 Å². The monoisotopic (exact) mass is 401 g/mol. The first-order valence-electron chi connectivity index (χ1n) is 10.9. The first kappa shape index (κ1) is 21.8. The highest BCUT2D eigenvalue weighted by Crippen LogP contribution is 2.45. The minimum Gasteiger partial charge on any atom is -0.458 e. The second-order valence-corrected chi connectivity index (χ2v) is 9.08. The molecule has 1 aromatic rings. The van der Waals surface area contributed by atoms with Crippen LogP contribution in [0.3, 0.4) is 0 Å². The maximum atomic E-state index is 13.2. The molecule has 1 heterocycles. The van der Waals surface area contributed by atoms with Crippen molar-refractivity contribution in [2.24, 2.45) is 5.92 Å². The van der Waals surface area contributed by atoms with Crippen molar-refractivity contribution in [3.63, 3.8) is 0 Å². The molecule has 0 radical (unpaired) electrons. The summed E-state index contributed by atoms with van der Waals surface area (Å²) in [5.41, 5.74) is 3.88. The van der Waals surface area contributed by atoms with Gasteiger partial charge in [-0.1, -0.05) is 26.0 Å². The quantitative estimate of drug-likeness (QED) is 0.754. The molecule has 1 spiro atoms. The number of rotatable bonds is 5. The molecule has 2 unspecified atom stereocenters. The zero-order valence-corrected chi connectivity index (χ0v) is 18.6. The van der Waals surface area contributed by atoms with E-state index in [1.807, 2.05) is 27.7 Å². The Morgan fingerprint density at radius 1 is 1.14 bits per heavy atom. The van der Waals surface area contributed by atoms with Gasteiger partial charge in [0.25, 0.3) is 0 Å². The number of aryl methyl sites for hydroxylation is 3. The molecule has 1 aliphatic heterocycles. The Morgan fingerprint density at radius 2 is 1.76 bits per heavy atom. The van der Waals surface area contributed by atoms with E-state index in [0.717, 1.165) is 42.4 Å². The summed E-state index contributed by atoms with van der Waals surface area (Å²) >= 11 is 0. The average Bonchev–Trinajstić information content (AvgIpc) is 2.91. The van der Waals surface area contributed by atoms with Gasteiger partial charge in [-0.2, -0.15) is 0 Å². The van der Waals surface area contributed by atoms with Crippen molar-refractivity contribution in [2.45, 2.75) is 90.9 Å². The molecular formula is C24H35NO4. The molecule has 3 rings (SSSR count). The van der Waals surface area contributed by atoms with Crippen molar-refractivity contribution < 1.29 is 19.1 Å². The van der Waals surface area contributed by atoms with Crippen LogP contribution in [0.5, 0.6) is 0 Å². The molecule has 5 nitrogen and oxygen atoms in total. The molecule has 2 fully saturated rings. The third kappa shape index (κ3) is 4.20. The fourth-order valence-electron chi connectivity index (χ4n) is 4.83. The third-order valence-corrected chi connectivity index (χ3v) is 6.66. The van der Waals surface area contributed by atoms with Crippen molar-refractivity contribution in [3.05, 3.63) is 34.4 Å². The summed E-state index contributed by atoms with van der Waals surface area (Å²) in [5.74, 6) is -0.985. The molecule has 1 amide bonds. The van der Waals surface area contributed by atoms with Gasteiger partial charge in [0.1, 0.15) is 12.0 Å². The van der Waals surface area contributed by atoms with Gasteiger partial charge in [-0.25, -0.2) is 0 Å². The Hall–Kier alpha value is -1.88. The Bertz CT molecular complexity index is 777. The maximum Gasteiger partial charge on any atom is 0.308 e. The van der Waals surface area contributed by atoms with Gasteiger partial charge in [0, 0.05) is 6.61 Å². The van der Waals surface area contributed by atoms with Gasteiger partial charge in [0.2, 0.25) is 5.91 Å². The van der Waals surface area contributed by atoms with Crippen molar-refractivity contribution in [3.8, 4) is 0 Å². The van der Waals surface area contributed by atoms with Crippen molar-refractivity contribution >= 4 is 11.9 Å². The van der Waals surface area contributed by atoms with Crippen LogP contribution in [0, 0.1) is 26.7 Å². The van der Waals surface area contributed by atoms with Crippen molar-refractivity contribution in [2.75, 3.05) is 6.61 Å². The molecule has 1 aromatic carbocycles. The highest BCUT2D eigenvalue weighted by atomic mass is 16.5. The molecule has 1 aliphatic carbocycles. The number of carbonyl (C=O) groups is 2. The number of amides is 1. The molecule has 1 N–H and O–H groups in total. The SMILES string of the molecule is CCOC1CCC2(CC1)NC(=O)C(c1cc(C)c(C)cc1C)C2OC(=O)C(C)C. The molecular weight excluding hydrogens is 366 g/mol. The fraction of sp³-hybridized carbons (Fsp3) is 0.667. The van der Waals surface area contributed by atoms with Gasteiger partial charge in [-0.15, -0.1) is 0 Å². The van der Waals surface area contributed by atoms with Gasteiger partial charge in [0.05, 0.1) is 17.6 Å². The minimum atomic E-state index is -0.509. The number of esters is 1. The second kappa shape index (κ2) is 8.47. The van der Waals surface area contributed by atoms with Crippen LogP contribution >= 0.6 is 0 Å². The number of carbonyl (C=O) groups excluding carboxylic acids is 2. The fourth-order valence-corrected chi connectivity index (χ4v) is 4.83. The predicted octanol–water partition coefficient (Wildman–Crippen LogP) is 4.11. The van der Waals surface area contributed by atoms with Crippen molar-refractivity contribution in [1.82, 2.24) is 5.32 Å².